The zero-order chi connectivity index (χ0) is 21.6. The number of allylic oxidation sites excluding steroid dienone is 2. The van der Waals surface area contributed by atoms with Crippen LogP contribution in [0.1, 0.15) is 30.5 Å². The quantitative estimate of drug-likeness (QED) is 0.280. The largest absolute Gasteiger partial charge is 0.460 e. The molecule has 2 rings (SSSR count). The summed E-state index contributed by atoms with van der Waals surface area (Å²) in [4.78, 5) is 12.2. The molecule has 0 heterocycles. The van der Waals surface area contributed by atoms with Gasteiger partial charge in [-0.05, 0) is 23.8 Å². The van der Waals surface area contributed by atoms with E-state index in [0.29, 0.717) is 0 Å². The number of terminal acetylenes is 1. The minimum Gasteiger partial charge on any atom is -0.460 e. The van der Waals surface area contributed by atoms with Crippen LogP contribution in [-0.2, 0) is 16.1 Å². The van der Waals surface area contributed by atoms with Crippen molar-refractivity contribution in [2.45, 2.75) is 33.6 Å². The van der Waals surface area contributed by atoms with E-state index in [4.69, 9.17) is 22.8 Å². The van der Waals surface area contributed by atoms with Gasteiger partial charge in [0.05, 0.1) is 11.5 Å². The van der Waals surface area contributed by atoms with E-state index in [0.717, 1.165) is 13.0 Å². The van der Waals surface area contributed by atoms with Crippen LogP contribution in [0.2, 0.25) is 0 Å². The normalized spacial score (nSPS) is 21.2. The van der Waals surface area contributed by atoms with Crippen molar-refractivity contribution < 1.29 is 35.9 Å². The zero-order valence-electron chi connectivity index (χ0n) is 15.0. The maximum absolute atomic E-state index is 14.1. The average Bonchev–Trinajstić information content (AvgIpc) is 3.13. The Morgan fingerprint density at radius 1 is 1.25 bits per heavy atom. The number of carbonyl (C=O) groups is 1. The van der Waals surface area contributed by atoms with Gasteiger partial charge >= 0.3 is 12.1 Å². The fraction of sp³-hybridized carbons (Fsp3) is 0.421. The highest BCUT2D eigenvalue weighted by atomic mass is 35.5. The van der Waals surface area contributed by atoms with E-state index in [1.165, 1.54) is 13.8 Å². The smallest absolute Gasteiger partial charge is 0.426 e. The molecule has 0 radical (unpaired) electrons. The van der Waals surface area contributed by atoms with Crippen LogP contribution in [0.4, 0.5) is 26.3 Å². The topological polar surface area (TPSA) is 26.3 Å². The highest BCUT2D eigenvalue weighted by Crippen LogP contribution is 2.60. The summed E-state index contributed by atoms with van der Waals surface area (Å²) in [7, 11) is 0. The fourth-order valence-corrected chi connectivity index (χ4v) is 3.18. The molecule has 0 N–H and O–H groups in total. The molecule has 0 unspecified atom stereocenters. The summed E-state index contributed by atoms with van der Waals surface area (Å²) < 4.78 is 84.6. The second kappa shape index (κ2) is 7.36. The second-order valence-corrected chi connectivity index (χ2v) is 7.42. The lowest BCUT2D eigenvalue weighted by molar-refractivity contribution is -0.147. The lowest BCUT2D eigenvalue weighted by Crippen LogP contribution is -2.14. The molecule has 28 heavy (non-hydrogen) atoms. The molecule has 0 amide bonds. The van der Waals surface area contributed by atoms with Gasteiger partial charge in [0.2, 0.25) is 0 Å². The van der Waals surface area contributed by atoms with Crippen molar-refractivity contribution >= 4 is 17.6 Å². The third-order valence-corrected chi connectivity index (χ3v) is 5.28. The van der Waals surface area contributed by atoms with E-state index in [2.05, 4.69) is 0 Å². The lowest BCUT2D eigenvalue weighted by atomic mass is 10.0. The van der Waals surface area contributed by atoms with E-state index in [-0.39, 0.29) is 5.56 Å². The summed E-state index contributed by atoms with van der Waals surface area (Å²) >= 11 is 5.20. The van der Waals surface area contributed by atoms with Gasteiger partial charge < -0.3 is 4.74 Å². The van der Waals surface area contributed by atoms with Gasteiger partial charge in [-0.15, -0.1) is 6.42 Å². The number of rotatable bonds is 4. The van der Waals surface area contributed by atoms with Crippen molar-refractivity contribution in [2.24, 2.45) is 17.3 Å². The number of halogens is 7. The molecule has 0 saturated heterocycles. The van der Waals surface area contributed by atoms with Crippen molar-refractivity contribution in [1.29, 1.82) is 0 Å². The van der Waals surface area contributed by atoms with E-state index in [1.54, 1.807) is 5.92 Å². The number of alkyl halides is 3. The molecule has 152 valence electrons. The third-order valence-electron chi connectivity index (χ3n) is 4.94. The highest BCUT2D eigenvalue weighted by molar-refractivity contribution is 6.30. The van der Waals surface area contributed by atoms with Gasteiger partial charge in [-0.3, -0.25) is 4.79 Å². The summed E-state index contributed by atoms with van der Waals surface area (Å²) in [6.45, 7) is 3.41. The van der Waals surface area contributed by atoms with E-state index in [9.17, 15) is 31.1 Å². The first-order valence-corrected chi connectivity index (χ1v) is 8.36. The Balaban J connectivity index is 2.19. The first-order chi connectivity index (χ1) is 12.7. The van der Waals surface area contributed by atoms with Crippen LogP contribution < -0.4 is 0 Å². The summed E-state index contributed by atoms with van der Waals surface area (Å²) in [6, 6.07) is 0. The monoisotopic (exact) mass is 424 g/mol. The Morgan fingerprint density at radius 2 is 1.82 bits per heavy atom. The number of benzene rings is 1. The number of carbonyl (C=O) groups excluding carboxylic acids is 1. The number of ether oxygens (including phenoxy) is 1. The van der Waals surface area contributed by atoms with Crippen molar-refractivity contribution in [3.05, 3.63) is 45.3 Å². The van der Waals surface area contributed by atoms with Crippen molar-refractivity contribution in [2.75, 3.05) is 0 Å². The summed E-state index contributed by atoms with van der Waals surface area (Å²) in [5, 5.41) is -1.36. The third kappa shape index (κ3) is 3.86. The number of esters is 1. The van der Waals surface area contributed by atoms with Crippen molar-refractivity contribution in [3.8, 4) is 12.3 Å². The van der Waals surface area contributed by atoms with Crippen LogP contribution >= 0.6 is 11.6 Å². The zero-order valence-corrected chi connectivity index (χ0v) is 15.7. The van der Waals surface area contributed by atoms with Crippen molar-refractivity contribution in [1.82, 2.24) is 0 Å². The predicted molar refractivity (Wildman–Crippen MR) is 89.5 cm³/mol. The Morgan fingerprint density at radius 3 is 2.32 bits per heavy atom. The summed E-state index contributed by atoms with van der Waals surface area (Å²) in [6.07, 6.45) is 0.922. The number of hydrogen-bond donors (Lipinski definition) is 0. The Kier molecular flexibility index (Phi) is 5.82. The average molecular weight is 425 g/mol. The molecule has 1 aromatic rings. The highest BCUT2D eigenvalue weighted by Gasteiger charge is 2.62. The molecule has 0 aliphatic heterocycles. The lowest BCUT2D eigenvalue weighted by Gasteiger charge is -2.12. The SMILES string of the molecule is C#Cc1c(F)c(C)c(COC(=O)[C@@H]2[C@H](/C=C(\Cl)C(F)(F)F)C2(C)C)c(F)c1F. The Labute approximate surface area is 162 Å². The van der Waals surface area contributed by atoms with Gasteiger partial charge in [0.25, 0.3) is 0 Å². The van der Waals surface area contributed by atoms with Gasteiger partial charge in [-0.2, -0.15) is 13.2 Å². The predicted octanol–water partition coefficient (Wildman–Crippen LogP) is 5.39. The van der Waals surface area contributed by atoms with Gasteiger partial charge in [-0.25, -0.2) is 13.2 Å². The molecule has 2 atom stereocenters. The molecule has 1 aliphatic carbocycles. The van der Waals surface area contributed by atoms with Gasteiger partial charge in [0.15, 0.2) is 11.6 Å². The second-order valence-electron chi connectivity index (χ2n) is 7.01. The van der Waals surface area contributed by atoms with E-state index >= 15 is 0 Å². The maximum atomic E-state index is 14.1. The summed E-state index contributed by atoms with van der Waals surface area (Å²) in [5.41, 5.74) is -2.62. The van der Waals surface area contributed by atoms with Crippen LogP contribution in [0.3, 0.4) is 0 Å². The van der Waals surface area contributed by atoms with Crippen molar-refractivity contribution in [3.63, 3.8) is 0 Å². The van der Waals surface area contributed by atoms with Crippen LogP contribution in [0.25, 0.3) is 0 Å². The molecule has 1 saturated carbocycles. The van der Waals surface area contributed by atoms with Crippen LogP contribution in [0, 0.1) is 54.0 Å². The fourth-order valence-electron chi connectivity index (χ4n) is 3.05. The molecule has 0 bridgehead atoms. The van der Waals surface area contributed by atoms with E-state index < -0.39 is 69.6 Å². The molecule has 1 aromatic carbocycles. The van der Waals surface area contributed by atoms with Gasteiger partial charge in [0, 0.05) is 5.56 Å². The molecule has 1 aliphatic rings. The van der Waals surface area contributed by atoms with Gasteiger partial charge in [-0.1, -0.05) is 37.4 Å². The van der Waals surface area contributed by atoms with Gasteiger partial charge in [0.1, 0.15) is 17.5 Å². The molecule has 0 spiro atoms. The Hall–Kier alpha value is -2.14. The molecule has 9 heteroatoms. The van der Waals surface area contributed by atoms with Crippen LogP contribution in [0.15, 0.2) is 11.1 Å². The van der Waals surface area contributed by atoms with Crippen LogP contribution in [-0.4, -0.2) is 12.1 Å². The van der Waals surface area contributed by atoms with Crippen LogP contribution in [0.5, 0.6) is 0 Å². The maximum Gasteiger partial charge on any atom is 0.426 e. The molecular weight excluding hydrogens is 410 g/mol. The minimum atomic E-state index is -4.75. The Bertz CT molecular complexity index is 866. The molecule has 0 aromatic heterocycles. The number of hydrogen-bond acceptors (Lipinski definition) is 2. The first-order valence-electron chi connectivity index (χ1n) is 7.98. The standard InChI is InChI=1S/C19H15ClF6O2/c1-5-9-14(21)8(2)10(16(23)15(9)22)7-28-17(27)13-11(18(13,3)4)6-12(20)19(24,25)26/h1,6,11,13H,7H2,2-4H3/b12-6-/t11-,13-/m0/s1. The van der Waals surface area contributed by atoms with E-state index in [1.807, 2.05) is 0 Å². The molecular formula is C19H15ClF6O2. The summed E-state index contributed by atoms with van der Waals surface area (Å²) in [5.74, 6) is -5.23. The minimum absolute atomic E-state index is 0.328. The molecule has 2 nitrogen and oxygen atoms in total. The first kappa shape index (κ1) is 22.2. The molecule has 1 fully saturated rings.